The fourth-order valence-electron chi connectivity index (χ4n) is 0.858. The molecule has 0 N–H and O–H groups in total. The van der Waals surface area contributed by atoms with Crippen molar-refractivity contribution in [3.63, 3.8) is 0 Å². The topological polar surface area (TPSA) is 30.2 Å². The van der Waals surface area contributed by atoms with Gasteiger partial charge in [-0.2, -0.15) is 4.39 Å². The summed E-state index contributed by atoms with van der Waals surface area (Å²) in [5.74, 6) is -0.484. The van der Waals surface area contributed by atoms with Crippen LogP contribution >= 0.6 is 22.6 Å². The Morgan fingerprint density at radius 2 is 2.08 bits per heavy atom. The van der Waals surface area contributed by atoms with Gasteiger partial charge in [-0.1, -0.05) is 5.10 Å². The van der Waals surface area contributed by atoms with Gasteiger partial charge in [-0.3, -0.25) is 4.40 Å². The van der Waals surface area contributed by atoms with Gasteiger partial charge in [-0.05, 0) is 28.7 Å². The van der Waals surface area contributed by atoms with Gasteiger partial charge in [0.25, 0.3) is 0 Å². The van der Waals surface area contributed by atoms with Gasteiger partial charge in [0, 0.05) is 0 Å². The predicted molar refractivity (Wildman–Crippen MR) is 45.6 cm³/mol. The van der Waals surface area contributed by atoms with Crippen LogP contribution in [-0.2, 0) is 0 Å². The lowest BCUT2D eigenvalue weighted by Crippen LogP contribution is -1.92. The molecule has 0 saturated carbocycles. The van der Waals surface area contributed by atoms with Crippen LogP contribution in [-0.4, -0.2) is 14.6 Å². The predicted octanol–water partition coefficient (Wildman–Crippen LogP) is 1.61. The number of halogens is 3. The maximum absolute atomic E-state index is 12.9. The highest BCUT2D eigenvalue weighted by Gasteiger charge is 2.07. The lowest BCUT2D eigenvalue weighted by molar-refractivity contribution is 0.519. The summed E-state index contributed by atoms with van der Waals surface area (Å²) in [6, 6.07) is 1.42. The standard InChI is InChI=1S/C6H2F2IN3/c7-3-2-12-5(1-4(3)9)10-11-6(12)8/h1-2H. The van der Waals surface area contributed by atoms with Gasteiger partial charge in [-0.15, -0.1) is 5.10 Å². The number of fused-ring (bicyclic) bond motifs is 1. The van der Waals surface area contributed by atoms with Crippen molar-refractivity contribution >= 4 is 28.2 Å². The zero-order valence-electron chi connectivity index (χ0n) is 5.63. The summed E-state index contributed by atoms with van der Waals surface area (Å²) in [6.07, 6.45) is 0.215. The minimum atomic E-state index is -0.805. The fraction of sp³-hybridized carbons (Fsp3) is 0. The second kappa shape index (κ2) is 2.61. The van der Waals surface area contributed by atoms with Crippen molar-refractivity contribution in [3.8, 4) is 0 Å². The lowest BCUT2D eigenvalue weighted by Gasteiger charge is -1.94. The van der Waals surface area contributed by atoms with Crippen molar-refractivity contribution in [1.82, 2.24) is 14.6 Å². The third-order valence-electron chi connectivity index (χ3n) is 1.41. The Labute approximate surface area is 79.6 Å². The monoisotopic (exact) mass is 281 g/mol. The Kier molecular flexibility index (Phi) is 1.71. The molecule has 2 aromatic rings. The Bertz CT molecular complexity index is 440. The molecule has 0 aliphatic carbocycles. The summed E-state index contributed by atoms with van der Waals surface area (Å²) in [5, 5.41) is 6.64. The highest BCUT2D eigenvalue weighted by Crippen LogP contribution is 2.13. The third-order valence-corrected chi connectivity index (χ3v) is 2.23. The molecule has 2 rings (SSSR count). The maximum Gasteiger partial charge on any atom is 0.313 e. The SMILES string of the molecule is Fc1cn2c(F)nnc2cc1I. The molecule has 0 atom stereocenters. The molecule has 0 spiro atoms. The number of hydrogen-bond acceptors (Lipinski definition) is 2. The van der Waals surface area contributed by atoms with Crippen LogP contribution in [0.1, 0.15) is 0 Å². The van der Waals surface area contributed by atoms with E-state index in [0.29, 0.717) is 9.22 Å². The van der Waals surface area contributed by atoms with E-state index in [9.17, 15) is 8.78 Å². The molecule has 6 heteroatoms. The van der Waals surface area contributed by atoms with Gasteiger partial charge in [0.1, 0.15) is 0 Å². The van der Waals surface area contributed by atoms with Gasteiger partial charge in [0.2, 0.25) is 0 Å². The molecule has 0 fully saturated rings. The average Bonchev–Trinajstić information content (AvgIpc) is 2.35. The number of rotatable bonds is 0. The molecule has 0 saturated heterocycles. The third kappa shape index (κ3) is 1.06. The molecule has 62 valence electrons. The van der Waals surface area contributed by atoms with E-state index in [2.05, 4.69) is 10.2 Å². The van der Waals surface area contributed by atoms with Crippen LogP contribution in [0.4, 0.5) is 8.78 Å². The van der Waals surface area contributed by atoms with Crippen molar-refractivity contribution < 1.29 is 8.78 Å². The Balaban J connectivity index is 2.87. The molecule has 0 bridgehead atoms. The normalized spacial score (nSPS) is 10.9. The second-order valence-electron chi connectivity index (χ2n) is 2.17. The highest BCUT2D eigenvalue weighted by molar-refractivity contribution is 14.1. The number of aromatic nitrogens is 3. The number of hydrogen-bond donors (Lipinski definition) is 0. The highest BCUT2D eigenvalue weighted by atomic mass is 127. The van der Waals surface area contributed by atoms with E-state index in [1.807, 2.05) is 0 Å². The van der Waals surface area contributed by atoms with Crippen LogP contribution in [0.15, 0.2) is 12.3 Å². The van der Waals surface area contributed by atoms with Gasteiger partial charge in [0.15, 0.2) is 11.5 Å². The fourth-order valence-corrected chi connectivity index (χ4v) is 1.28. The van der Waals surface area contributed by atoms with E-state index < -0.39 is 11.9 Å². The van der Waals surface area contributed by atoms with E-state index >= 15 is 0 Å². The molecule has 2 aromatic heterocycles. The first kappa shape index (κ1) is 7.84. The van der Waals surface area contributed by atoms with Crippen LogP contribution in [0, 0.1) is 15.5 Å². The summed E-state index contributed by atoms with van der Waals surface area (Å²) in [5.41, 5.74) is 0.304. The summed E-state index contributed by atoms with van der Waals surface area (Å²) >= 11 is 1.80. The summed E-state index contributed by atoms with van der Waals surface area (Å²) in [7, 11) is 0. The summed E-state index contributed by atoms with van der Waals surface area (Å²) in [6.45, 7) is 0. The molecular weight excluding hydrogens is 279 g/mol. The molecule has 0 radical (unpaired) electrons. The van der Waals surface area contributed by atoms with Crippen LogP contribution < -0.4 is 0 Å². The molecule has 0 aliphatic heterocycles. The van der Waals surface area contributed by atoms with Crippen molar-refractivity contribution in [2.24, 2.45) is 0 Å². The average molecular weight is 281 g/mol. The van der Waals surface area contributed by atoms with Crippen LogP contribution in [0.25, 0.3) is 5.65 Å². The van der Waals surface area contributed by atoms with E-state index in [1.165, 1.54) is 6.07 Å². The first-order valence-electron chi connectivity index (χ1n) is 3.04. The minimum Gasteiger partial charge on any atom is -0.256 e. The summed E-state index contributed by atoms with van der Waals surface area (Å²) < 4.78 is 26.9. The smallest absolute Gasteiger partial charge is 0.256 e. The van der Waals surface area contributed by atoms with Gasteiger partial charge < -0.3 is 0 Å². The minimum absolute atomic E-state index is 0.304. The van der Waals surface area contributed by atoms with E-state index in [-0.39, 0.29) is 0 Å². The molecule has 0 aliphatic rings. The van der Waals surface area contributed by atoms with Gasteiger partial charge >= 0.3 is 6.08 Å². The van der Waals surface area contributed by atoms with Crippen LogP contribution in [0.3, 0.4) is 0 Å². The number of pyridine rings is 1. The number of nitrogens with zero attached hydrogens (tertiary/aromatic N) is 3. The van der Waals surface area contributed by atoms with Gasteiger partial charge in [0.05, 0.1) is 9.77 Å². The van der Waals surface area contributed by atoms with E-state index in [0.717, 1.165) is 10.6 Å². The maximum atomic E-state index is 12.9. The molecule has 2 heterocycles. The van der Waals surface area contributed by atoms with Crippen molar-refractivity contribution in [1.29, 1.82) is 0 Å². The Morgan fingerprint density at radius 3 is 2.83 bits per heavy atom. The quantitative estimate of drug-likeness (QED) is 0.687. The Morgan fingerprint density at radius 1 is 1.33 bits per heavy atom. The molecule has 0 unspecified atom stereocenters. The van der Waals surface area contributed by atoms with Gasteiger partial charge in [-0.25, -0.2) is 4.39 Å². The largest absolute Gasteiger partial charge is 0.313 e. The molecule has 12 heavy (non-hydrogen) atoms. The second-order valence-corrected chi connectivity index (χ2v) is 3.33. The first-order chi connectivity index (χ1) is 5.68. The molecular formula is C6H2F2IN3. The van der Waals surface area contributed by atoms with E-state index in [4.69, 9.17) is 0 Å². The lowest BCUT2D eigenvalue weighted by atomic mass is 10.4. The van der Waals surface area contributed by atoms with E-state index in [1.54, 1.807) is 22.6 Å². The summed E-state index contributed by atoms with van der Waals surface area (Å²) in [4.78, 5) is 0. The van der Waals surface area contributed by atoms with Crippen molar-refractivity contribution in [2.45, 2.75) is 0 Å². The molecule has 0 aromatic carbocycles. The van der Waals surface area contributed by atoms with Crippen molar-refractivity contribution in [3.05, 3.63) is 27.7 Å². The molecule has 0 amide bonds. The van der Waals surface area contributed by atoms with Crippen molar-refractivity contribution in [2.75, 3.05) is 0 Å². The van der Waals surface area contributed by atoms with Crippen LogP contribution in [0.5, 0.6) is 0 Å². The Hall–Kier alpha value is -0.790. The molecule has 3 nitrogen and oxygen atoms in total. The van der Waals surface area contributed by atoms with Crippen LogP contribution in [0.2, 0.25) is 0 Å². The zero-order chi connectivity index (χ0) is 8.72. The first-order valence-corrected chi connectivity index (χ1v) is 4.11. The zero-order valence-corrected chi connectivity index (χ0v) is 7.79.